The van der Waals surface area contributed by atoms with Gasteiger partial charge in [-0.15, -0.1) is 0 Å². The van der Waals surface area contributed by atoms with Crippen LogP contribution in [0, 0.1) is 5.92 Å². The Morgan fingerprint density at radius 1 is 0.778 bits per heavy atom. The summed E-state index contributed by atoms with van der Waals surface area (Å²) in [5.74, 6) is -2.21. The SMILES string of the molecule is CSCCC(NC(=O)C(Cc1c[nH]c2ccccc12)NC(=O)C(N)Cc1c[nH]c2ccccc12)C(=O)NC(CC(C)C)C(=O)O. The van der Waals surface area contributed by atoms with Crippen LogP contribution in [0.4, 0.5) is 0 Å². The molecule has 0 aliphatic heterocycles. The molecule has 45 heavy (non-hydrogen) atoms. The monoisotopic (exact) mass is 634 g/mol. The number of rotatable bonds is 16. The minimum absolute atomic E-state index is 0.0369. The molecule has 0 radical (unpaired) electrons. The molecule has 4 atom stereocenters. The molecule has 2 aromatic carbocycles. The Labute approximate surface area is 266 Å². The average Bonchev–Trinajstić information content (AvgIpc) is 3.62. The number of fused-ring (bicyclic) bond motifs is 2. The molecule has 0 aliphatic carbocycles. The molecule has 12 heteroatoms. The normalized spacial score (nSPS) is 14.2. The Hall–Kier alpha value is -4.29. The van der Waals surface area contributed by atoms with Gasteiger partial charge in [-0.2, -0.15) is 11.8 Å². The molecule has 11 nitrogen and oxygen atoms in total. The van der Waals surface area contributed by atoms with Crippen molar-refractivity contribution < 1.29 is 24.3 Å². The summed E-state index contributed by atoms with van der Waals surface area (Å²) in [6.45, 7) is 3.74. The third kappa shape index (κ3) is 8.89. The average molecular weight is 635 g/mol. The highest BCUT2D eigenvalue weighted by molar-refractivity contribution is 7.98. The fourth-order valence-corrected chi connectivity index (χ4v) is 5.85. The smallest absolute Gasteiger partial charge is 0.326 e. The number of aromatic nitrogens is 2. The van der Waals surface area contributed by atoms with Crippen molar-refractivity contribution in [2.24, 2.45) is 11.7 Å². The second kappa shape index (κ2) is 15.6. The van der Waals surface area contributed by atoms with Crippen LogP contribution in [0.1, 0.15) is 37.8 Å². The third-order valence-electron chi connectivity index (χ3n) is 7.75. The van der Waals surface area contributed by atoms with Crippen LogP contribution < -0.4 is 21.7 Å². The van der Waals surface area contributed by atoms with Gasteiger partial charge in [0.2, 0.25) is 17.7 Å². The zero-order chi connectivity index (χ0) is 32.5. The molecule has 240 valence electrons. The van der Waals surface area contributed by atoms with Crippen molar-refractivity contribution in [1.29, 1.82) is 0 Å². The van der Waals surface area contributed by atoms with Crippen LogP contribution in [0.25, 0.3) is 21.8 Å². The zero-order valence-corrected chi connectivity index (χ0v) is 26.6. The lowest BCUT2D eigenvalue weighted by molar-refractivity contribution is -0.142. The topological polar surface area (TPSA) is 182 Å². The largest absolute Gasteiger partial charge is 0.480 e. The van der Waals surface area contributed by atoms with Crippen molar-refractivity contribution in [3.8, 4) is 0 Å². The summed E-state index contributed by atoms with van der Waals surface area (Å²) in [5.41, 5.74) is 9.88. The van der Waals surface area contributed by atoms with Crippen LogP contribution in [0.2, 0.25) is 0 Å². The molecule has 8 N–H and O–H groups in total. The molecule has 0 spiro atoms. The van der Waals surface area contributed by atoms with Crippen LogP contribution in [0.15, 0.2) is 60.9 Å². The molecule has 4 rings (SSSR count). The summed E-state index contributed by atoms with van der Waals surface area (Å²) in [6.07, 6.45) is 6.42. The Morgan fingerprint density at radius 3 is 1.84 bits per heavy atom. The number of nitrogens with two attached hydrogens (primary N) is 1. The molecule has 0 saturated carbocycles. The van der Waals surface area contributed by atoms with Gasteiger partial charge in [-0.05, 0) is 60.4 Å². The van der Waals surface area contributed by atoms with Crippen molar-refractivity contribution in [3.63, 3.8) is 0 Å². The van der Waals surface area contributed by atoms with Crippen molar-refractivity contribution in [3.05, 3.63) is 72.1 Å². The summed E-state index contributed by atoms with van der Waals surface area (Å²) in [4.78, 5) is 58.8. The number of nitrogens with one attached hydrogen (secondary N) is 5. The van der Waals surface area contributed by atoms with Gasteiger partial charge in [-0.3, -0.25) is 14.4 Å². The van der Waals surface area contributed by atoms with E-state index in [4.69, 9.17) is 5.73 Å². The first kappa shape index (κ1) is 33.6. The maximum absolute atomic E-state index is 13.8. The first-order valence-corrected chi connectivity index (χ1v) is 16.4. The number of carboxylic acids is 1. The fourth-order valence-electron chi connectivity index (χ4n) is 5.38. The van der Waals surface area contributed by atoms with E-state index in [1.54, 1.807) is 6.20 Å². The van der Waals surface area contributed by atoms with E-state index in [1.165, 1.54) is 11.8 Å². The number of carbonyl (C=O) groups excluding carboxylic acids is 3. The van der Waals surface area contributed by atoms with Crippen molar-refractivity contribution >= 4 is 57.3 Å². The predicted octanol–water partition coefficient (Wildman–Crippen LogP) is 3.10. The third-order valence-corrected chi connectivity index (χ3v) is 8.39. The standard InChI is InChI=1S/C33H42N6O5S/c1-19(2)14-29(33(43)44)39-31(41)27(12-13-45-3)37-32(42)28(16-21-18-36-26-11-7-5-9-23(21)26)38-30(40)24(34)15-20-17-35-25-10-6-4-8-22(20)25/h4-11,17-19,24,27-29,35-36H,12-16,34H2,1-3H3,(H,37,42)(H,38,40)(H,39,41)(H,43,44). The van der Waals surface area contributed by atoms with Gasteiger partial charge >= 0.3 is 5.97 Å². The van der Waals surface area contributed by atoms with E-state index in [0.717, 1.165) is 32.9 Å². The minimum Gasteiger partial charge on any atom is -0.480 e. The van der Waals surface area contributed by atoms with E-state index in [1.807, 2.05) is 74.8 Å². The number of hydrogen-bond donors (Lipinski definition) is 7. The number of carbonyl (C=O) groups is 4. The van der Waals surface area contributed by atoms with E-state index in [2.05, 4.69) is 25.9 Å². The lowest BCUT2D eigenvalue weighted by atomic mass is 10.0. The van der Waals surface area contributed by atoms with E-state index >= 15 is 0 Å². The van der Waals surface area contributed by atoms with Gasteiger partial charge in [0.25, 0.3) is 0 Å². The number of hydrogen-bond acceptors (Lipinski definition) is 6. The Morgan fingerprint density at radius 2 is 1.29 bits per heavy atom. The summed E-state index contributed by atoms with van der Waals surface area (Å²) in [6, 6.07) is 11.3. The predicted molar refractivity (Wildman–Crippen MR) is 178 cm³/mol. The van der Waals surface area contributed by atoms with E-state index < -0.39 is 47.9 Å². The molecular weight excluding hydrogens is 592 g/mol. The molecule has 2 aromatic heterocycles. The maximum atomic E-state index is 13.8. The second-order valence-electron chi connectivity index (χ2n) is 11.7. The van der Waals surface area contributed by atoms with E-state index in [0.29, 0.717) is 5.75 Å². The molecule has 4 unspecified atom stereocenters. The van der Waals surface area contributed by atoms with E-state index in [9.17, 15) is 24.3 Å². The van der Waals surface area contributed by atoms with Crippen LogP contribution in [0.5, 0.6) is 0 Å². The van der Waals surface area contributed by atoms with E-state index in [-0.39, 0.29) is 31.6 Å². The Kier molecular flexibility index (Phi) is 11.7. The van der Waals surface area contributed by atoms with Gasteiger partial charge in [0.05, 0.1) is 6.04 Å². The minimum atomic E-state index is -1.14. The maximum Gasteiger partial charge on any atom is 0.326 e. The van der Waals surface area contributed by atoms with Gasteiger partial charge in [0.15, 0.2) is 0 Å². The van der Waals surface area contributed by atoms with Gasteiger partial charge in [0, 0.05) is 40.6 Å². The van der Waals surface area contributed by atoms with Crippen molar-refractivity contribution in [2.45, 2.75) is 63.7 Å². The quantitative estimate of drug-likeness (QED) is 0.0988. The molecule has 2 heterocycles. The van der Waals surface area contributed by atoms with Gasteiger partial charge in [-0.1, -0.05) is 50.2 Å². The highest BCUT2D eigenvalue weighted by atomic mass is 32.2. The second-order valence-corrected chi connectivity index (χ2v) is 12.7. The molecule has 0 fully saturated rings. The number of benzene rings is 2. The van der Waals surface area contributed by atoms with Gasteiger partial charge in [0.1, 0.15) is 18.1 Å². The number of aliphatic carboxylic acids is 1. The number of thioether (sulfide) groups is 1. The zero-order valence-electron chi connectivity index (χ0n) is 25.8. The summed E-state index contributed by atoms with van der Waals surface area (Å²) >= 11 is 1.50. The number of para-hydroxylation sites is 2. The number of aromatic amines is 2. The highest BCUT2D eigenvalue weighted by Crippen LogP contribution is 2.21. The molecule has 0 saturated heterocycles. The highest BCUT2D eigenvalue weighted by Gasteiger charge is 2.31. The van der Waals surface area contributed by atoms with Crippen molar-refractivity contribution in [2.75, 3.05) is 12.0 Å². The van der Waals surface area contributed by atoms with Crippen LogP contribution >= 0.6 is 11.8 Å². The molecular formula is C33H42N6O5S. The summed E-state index contributed by atoms with van der Waals surface area (Å²) in [7, 11) is 0. The van der Waals surface area contributed by atoms with Crippen LogP contribution in [-0.4, -0.2) is 74.9 Å². The Balaban J connectivity index is 1.54. The molecule has 3 amide bonds. The first-order chi connectivity index (χ1) is 21.6. The van der Waals surface area contributed by atoms with Crippen molar-refractivity contribution in [1.82, 2.24) is 25.9 Å². The molecule has 0 aliphatic rings. The number of amides is 3. The van der Waals surface area contributed by atoms with Gasteiger partial charge in [-0.25, -0.2) is 4.79 Å². The lowest BCUT2D eigenvalue weighted by Gasteiger charge is -2.25. The fraction of sp³-hybridized carbons (Fsp3) is 0.394. The van der Waals surface area contributed by atoms with Crippen LogP contribution in [-0.2, 0) is 32.0 Å². The van der Waals surface area contributed by atoms with Crippen LogP contribution in [0.3, 0.4) is 0 Å². The molecule has 0 bridgehead atoms. The molecule has 4 aromatic rings. The lowest BCUT2D eigenvalue weighted by Crippen LogP contribution is -2.58. The summed E-state index contributed by atoms with van der Waals surface area (Å²) < 4.78 is 0. The van der Waals surface area contributed by atoms with Gasteiger partial charge < -0.3 is 36.8 Å². The first-order valence-electron chi connectivity index (χ1n) is 15.1. The Bertz CT molecular complexity index is 1630. The summed E-state index contributed by atoms with van der Waals surface area (Å²) in [5, 5.41) is 19.8. The number of H-pyrrole nitrogens is 2. The number of carboxylic acid groups (broad SMARTS) is 1.